The summed E-state index contributed by atoms with van der Waals surface area (Å²) in [6.45, 7) is 0. The van der Waals surface area contributed by atoms with Gasteiger partial charge in [-0.25, -0.2) is 0 Å². The zero-order valence-corrected chi connectivity index (χ0v) is 24.8. The van der Waals surface area contributed by atoms with E-state index in [0.717, 1.165) is 9.79 Å². The van der Waals surface area contributed by atoms with Gasteiger partial charge in [0.25, 0.3) is 0 Å². The fourth-order valence-corrected chi connectivity index (χ4v) is 6.64. The van der Waals surface area contributed by atoms with E-state index in [4.69, 9.17) is 81.1 Å². The van der Waals surface area contributed by atoms with Crippen LogP contribution in [-0.4, -0.2) is 14.1 Å². The summed E-state index contributed by atoms with van der Waals surface area (Å²) < 4.78 is 0. The van der Waals surface area contributed by atoms with E-state index in [1.165, 1.54) is 11.8 Å². The van der Waals surface area contributed by atoms with E-state index in [9.17, 15) is 0 Å². The lowest BCUT2D eigenvalue weighted by Gasteiger charge is -2.17. The second-order valence-electron chi connectivity index (χ2n) is 7.91. The molecule has 11 heteroatoms. The van der Waals surface area contributed by atoms with Crippen LogP contribution in [0.5, 0.6) is 0 Å². The smallest absolute Gasteiger partial charge is 0.0639 e. The summed E-state index contributed by atoms with van der Waals surface area (Å²) in [5, 5.41) is 8.67. The maximum atomic E-state index is 6.90. The number of anilines is 4. The van der Waals surface area contributed by atoms with Crippen LogP contribution < -0.4 is 22.1 Å². The summed E-state index contributed by atoms with van der Waals surface area (Å²) >= 11 is 41.4. The molecule has 0 saturated heterocycles. The van der Waals surface area contributed by atoms with Crippen molar-refractivity contribution in [1.82, 2.24) is 0 Å². The molecule has 4 aromatic rings. The summed E-state index contributed by atoms with van der Waals surface area (Å²) in [4.78, 5) is 1.43. The molecule has 0 bridgehead atoms. The molecule has 4 nitrogen and oxygen atoms in total. The standard InChI is InChI=1S/C26H20Cl6N4S/c1-35-19-7-11(15(29)9-17(19)33)23-13(27)3-5-21(25(23)31)37-22-6-4-14(28)24(26(22)32)12-8-20(36-2)18(34)10-16(12)30/h3-10,35-36H,33-34H2,1-2H3. The van der Waals surface area contributed by atoms with Gasteiger partial charge in [-0.1, -0.05) is 81.4 Å². The zero-order chi connectivity index (χ0) is 27.0. The van der Waals surface area contributed by atoms with Crippen molar-refractivity contribution in [3.05, 3.63) is 78.7 Å². The van der Waals surface area contributed by atoms with Gasteiger partial charge >= 0.3 is 0 Å². The van der Waals surface area contributed by atoms with Crippen LogP contribution in [-0.2, 0) is 0 Å². The molecule has 0 atom stereocenters. The first-order valence-electron chi connectivity index (χ1n) is 10.8. The first kappa shape index (κ1) is 28.2. The van der Waals surface area contributed by atoms with Gasteiger partial charge < -0.3 is 22.1 Å². The third-order valence-corrected chi connectivity index (χ3v) is 9.07. The normalized spacial score (nSPS) is 11.0. The second kappa shape index (κ2) is 11.5. The minimum absolute atomic E-state index is 0.418. The molecule has 6 N–H and O–H groups in total. The summed E-state index contributed by atoms with van der Waals surface area (Å²) in [6, 6.07) is 14.1. The Morgan fingerprint density at radius 2 is 0.946 bits per heavy atom. The quantitative estimate of drug-likeness (QED) is 0.159. The molecule has 0 aliphatic carbocycles. The van der Waals surface area contributed by atoms with Gasteiger partial charge in [0.2, 0.25) is 0 Å². The van der Waals surface area contributed by atoms with Crippen molar-refractivity contribution in [3.63, 3.8) is 0 Å². The highest BCUT2D eigenvalue weighted by Crippen LogP contribution is 2.50. The molecule has 0 heterocycles. The van der Waals surface area contributed by atoms with E-state index in [1.807, 2.05) is 24.3 Å². The zero-order valence-electron chi connectivity index (χ0n) is 19.4. The van der Waals surface area contributed by atoms with Crippen LogP contribution in [0.25, 0.3) is 22.3 Å². The molecule has 0 saturated carbocycles. The van der Waals surface area contributed by atoms with Crippen LogP contribution in [0.4, 0.5) is 22.7 Å². The van der Waals surface area contributed by atoms with Crippen molar-refractivity contribution >= 4 is 104 Å². The van der Waals surface area contributed by atoms with Crippen LogP contribution in [0.1, 0.15) is 0 Å². The Bertz CT molecular complexity index is 1410. The molecule has 0 amide bonds. The predicted molar refractivity (Wildman–Crippen MR) is 166 cm³/mol. The molecule has 37 heavy (non-hydrogen) atoms. The third kappa shape index (κ3) is 5.50. The number of hydrogen-bond donors (Lipinski definition) is 4. The molecule has 0 radical (unpaired) electrons. The van der Waals surface area contributed by atoms with Crippen molar-refractivity contribution in [2.45, 2.75) is 9.79 Å². The summed E-state index contributed by atoms with van der Waals surface area (Å²) in [5.41, 5.74) is 17.0. The van der Waals surface area contributed by atoms with Gasteiger partial charge in [-0.3, -0.25) is 0 Å². The Hall–Kier alpha value is -1.83. The van der Waals surface area contributed by atoms with Crippen molar-refractivity contribution in [1.29, 1.82) is 0 Å². The van der Waals surface area contributed by atoms with E-state index < -0.39 is 0 Å². The summed E-state index contributed by atoms with van der Waals surface area (Å²) in [6.07, 6.45) is 0. The van der Waals surface area contributed by atoms with Crippen molar-refractivity contribution in [2.75, 3.05) is 36.2 Å². The van der Waals surface area contributed by atoms with Gasteiger partial charge in [0.05, 0.1) is 52.9 Å². The molecule has 192 valence electrons. The average molecular weight is 633 g/mol. The molecule has 4 aromatic carbocycles. The Balaban J connectivity index is 1.83. The minimum Gasteiger partial charge on any atom is -0.397 e. The number of nitrogen functional groups attached to an aromatic ring is 2. The van der Waals surface area contributed by atoms with Crippen LogP contribution in [0.2, 0.25) is 30.1 Å². The second-order valence-corrected chi connectivity index (χ2v) is 11.4. The highest BCUT2D eigenvalue weighted by atomic mass is 35.5. The molecule has 0 aromatic heterocycles. The van der Waals surface area contributed by atoms with Gasteiger partial charge in [-0.15, -0.1) is 0 Å². The number of nitrogens with one attached hydrogen (secondary N) is 2. The average Bonchev–Trinajstić information content (AvgIpc) is 2.85. The lowest BCUT2D eigenvalue weighted by atomic mass is 10.0. The van der Waals surface area contributed by atoms with Crippen molar-refractivity contribution < 1.29 is 0 Å². The van der Waals surface area contributed by atoms with Crippen LogP contribution >= 0.6 is 81.4 Å². The highest BCUT2D eigenvalue weighted by molar-refractivity contribution is 7.99. The fourth-order valence-electron chi connectivity index (χ4n) is 3.83. The van der Waals surface area contributed by atoms with Crippen molar-refractivity contribution in [2.24, 2.45) is 0 Å². The molecule has 0 spiro atoms. The number of rotatable bonds is 6. The van der Waals surface area contributed by atoms with Crippen molar-refractivity contribution in [3.8, 4) is 22.3 Å². The maximum Gasteiger partial charge on any atom is 0.0639 e. The van der Waals surface area contributed by atoms with E-state index in [1.54, 1.807) is 38.4 Å². The van der Waals surface area contributed by atoms with Gasteiger partial charge in [0.15, 0.2) is 0 Å². The van der Waals surface area contributed by atoms with Gasteiger partial charge in [-0.05, 0) is 48.5 Å². The molecule has 0 unspecified atom stereocenters. The number of nitrogens with two attached hydrogens (primary N) is 2. The number of benzene rings is 4. The number of halogens is 6. The Labute approximate surface area is 249 Å². The summed E-state index contributed by atoms with van der Waals surface area (Å²) in [7, 11) is 3.54. The van der Waals surface area contributed by atoms with E-state index >= 15 is 0 Å². The summed E-state index contributed by atoms with van der Waals surface area (Å²) in [5.74, 6) is 0. The molecule has 0 aliphatic rings. The van der Waals surface area contributed by atoms with Gasteiger partial charge in [0, 0.05) is 46.1 Å². The third-order valence-electron chi connectivity index (χ3n) is 5.69. The highest BCUT2D eigenvalue weighted by Gasteiger charge is 2.21. The monoisotopic (exact) mass is 630 g/mol. The number of hydrogen-bond acceptors (Lipinski definition) is 5. The topological polar surface area (TPSA) is 76.1 Å². The maximum absolute atomic E-state index is 6.90. The minimum atomic E-state index is 0.418. The lowest BCUT2D eigenvalue weighted by Crippen LogP contribution is -1.97. The molecule has 4 rings (SSSR count). The predicted octanol–water partition coefficient (Wildman–Crippen LogP) is 10.3. The first-order chi connectivity index (χ1) is 17.6. The van der Waals surface area contributed by atoms with Gasteiger partial charge in [-0.2, -0.15) is 0 Å². The Morgan fingerprint density at radius 3 is 1.30 bits per heavy atom. The van der Waals surface area contributed by atoms with Crippen LogP contribution in [0.3, 0.4) is 0 Å². The van der Waals surface area contributed by atoms with Crippen LogP contribution in [0.15, 0.2) is 58.3 Å². The Kier molecular flexibility index (Phi) is 8.76. The van der Waals surface area contributed by atoms with Crippen LogP contribution in [0, 0.1) is 0 Å². The molecule has 0 fully saturated rings. The first-order valence-corrected chi connectivity index (χ1v) is 13.8. The van der Waals surface area contributed by atoms with E-state index in [0.29, 0.717) is 75.1 Å². The largest absolute Gasteiger partial charge is 0.397 e. The molecular weight excluding hydrogens is 613 g/mol. The SMILES string of the molecule is CNc1cc(-c2c(Cl)ccc(Sc3ccc(Cl)c(-c4cc(NC)c(N)cc4Cl)c3Cl)c2Cl)c(Cl)cc1N. The fraction of sp³-hybridized carbons (Fsp3) is 0.0769. The molecule has 0 aliphatic heterocycles. The van der Waals surface area contributed by atoms with E-state index in [2.05, 4.69) is 10.6 Å². The Morgan fingerprint density at radius 1 is 0.568 bits per heavy atom. The van der Waals surface area contributed by atoms with Gasteiger partial charge in [0.1, 0.15) is 0 Å². The van der Waals surface area contributed by atoms with E-state index in [-0.39, 0.29) is 0 Å². The molecular formula is C26H20Cl6N4S. The lowest BCUT2D eigenvalue weighted by molar-refractivity contribution is 1.40.